The van der Waals surface area contributed by atoms with E-state index in [9.17, 15) is 4.79 Å². The SMILES string of the molecule is CC(C)NCC1CCN(CCN(C(=O)OC(C)(C)C)C2CC2)C1. The lowest BCUT2D eigenvalue weighted by Gasteiger charge is -2.29. The standard InChI is InChI=1S/C18H35N3O2/c1-14(2)19-12-15-8-9-20(13-15)10-11-21(16-6-7-16)17(22)23-18(3,4)5/h14-16,19H,6-13H2,1-5H3. The minimum absolute atomic E-state index is 0.141. The molecule has 2 rings (SSSR count). The molecular weight excluding hydrogens is 290 g/mol. The minimum atomic E-state index is -0.411. The average Bonchev–Trinajstić information content (AvgIpc) is 3.14. The van der Waals surface area contributed by atoms with Crippen molar-refractivity contribution >= 4 is 6.09 Å². The summed E-state index contributed by atoms with van der Waals surface area (Å²) in [4.78, 5) is 16.8. The third-order valence-electron chi connectivity index (χ3n) is 4.46. The van der Waals surface area contributed by atoms with Crippen LogP contribution in [0.1, 0.15) is 53.9 Å². The van der Waals surface area contributed by atoms with Crippen molar-refractivity contribution in [3.05, 3.63) is 0 Å². The third-order valence-corrected chi connectivity index (χ3v) is 4.46. The number of ether oxygens (including phenoxy) is 1. The van der Waals surface area contributed by atoms with E-state index in [1.54, 1.807) is 0 Å². The molecule has 5 nitrogen and oxygen atoms in total. The molecule has 0 radical (unpaired) electrons. The van der Waals surface area contributed by atoms with E-state index >= 15 is 0 Å². The number of rotatable bonds is 7. The highest BCUT2D eigenvalue weighted by Crippen LogP contribution is 2.28. The number of nitrogens with zero attached hydrogens (tertiary/aromatic N) is 2. The van der Waals surface area contributed by atoms with Gasteiger partial charge >= 0.3 is 6.09 Å². The van der Waals surface area contributed by atoms with E-state index in [4.69, 9.17) is 4.74 Å². The maximum absolute atomic E-state index is 12.4. The second-order valence-corrected chi connectivity index (χ2v) is 8.42. The first-order valence-electron chi connectivity index (χ1n) is 9.20. The van der Waals surface area contributed by atoms with Gasteiger partial charge in [0.25, 0.3) is 0 Å². The van der Waals surface area contributed by atoms with Gasteiger partial charge in [0.05, 0.1) is 0 Å². The van der Waals surface area contributed by atoms with E-state index in [1.165, 1.54) is 6.42 Å². The number of hydrogen-bond acceptors (Lipinski definition) is 4. The Hall–Kier alpha value is -0.810. The number of amides is 1. The van der Waals surface area contributed by atoms with Gasteiger partial charge in [0.15, 0.2) is 0 Å². The van der Waals surface area contributed by atoms with Crippen LogP contribution in [-0.2, 0) is 4.74 Å². The van der Waals surface area contributed by atoms with E-state index < -0.39 is 5.60 Å². The molecule has 5 heteroatoms. The molecule has 23 heavy (non-hydrogen) atoms. The zero-order valence-corrected chi connectivity index (χ0v) is 15.6. The van der Waals surface area contributed by atoms with Gasteiger partial charge in [-0.15, -0.1) is 0 Å². The number of hydrogen-bond donors (Lipinski definition) is 1. The third kappa shape index (κ3) is 6.68. The highest BCUT2D eigenvalue weighted by atomic mass is 16.6. The quantitative estimate of drug-likeness (QED) is 0.782. The van der Waals surface area contributed by atoms with Crippen molar-refractivity contribution in [3.8, 4) is 0 Å². The van der Waals surface area contributed by atoms with Crippen LogP contribution in [0.3, 0.4) is 0 Å². The van der Waals surface area contributed by atoms with Gasteiger partial charge in [-0.25, -0.2) is 4.79 Å². The maximum Gasteiger partial charge on any atom is 0.410 e. The molecule has 1 heterocycles. The van der Waals surface area contributed by atoms with Gasteiger partial charge in [-0.1, -0.05) is 13.8 Å². The van der Waals surface area contributed by atoms with E-state index in [1.807, 2.05) is 25.7 Å². The first kappa shape index (κ1) is 18.5. The van der Waals surface area contributed by atoms with Gasteiger partial charge in [0, 0.05) is 31.7 Å². The van der Waals surface area contributed by atoms with Gasteiger partial charge in [0.2, 0.25) is 0 Å². The summed E-state index contributed by atoms with van der Waals surface area (Å²) >= 11 is 0. The van der Waals surface area contributed by atoms with Crippen LogP contribution in [0, 0.1) is 5.92 Å². The Kier molecular flexibility index (Phi) is 6.32. The molecule has 1 amide bonds. The van der Waals surface area contributed by atoms with Crippen LogP contribution in [0.2, 0.25) is 0 Å². The van der Waals surface area contributed by atoms with Gasteiger partial charge in [-0.3, -0.25) is 0 Å². The molecule has 1 atom stereocenters. The molecule has 1 N–H and O–H groups in total. The molecule has 2 fully saturated rings. The summed E-state index contributed by atoms with van der Waals surface area (Å²) in [5.41, 5.74) is -0.411. The molecule has 0 aromatic carbocycles. The second-order valence-electron chi connectivity index (χ2n) is 8.42. The Morgan fingerprint density at radius 2 is 2.00 bits per heavy atom. The molecule has 0 spiro atoms. The Bertz CT molecular complexity index is 388. The van der Waals surface area contributed by atoms with E-state index in [-0.39, 0.29) is 6.09 Å². The van der Waals surface area contributed by atoms with Gasteiger partial charge in [-0.2, -0.15) is 0 Å². The average molecular weight is 325 g/mol. The molecule has 0 aromatic rings. The van der Waals surface area contributed by atoms with Gasteiger partial charge in [0.1, 0.15) is 5.60 Å². The molecule has 1 unspecified atom stereocenters. The monoisotopic (exact) mass is 325 g/mol. The number of nitrogens with one attached hydrogen (secondary N) is 1. The van der Waals surface area contributed by atoms with Crippen LogP contribution < -0.4 is 5.32 Å². The lowest BCUT2D eigenvalue weighted by Crippen LogP contribution is -2.42. The zero-order valence-electron chi connectivity index (χ0n) is 15.6. The van der Waals surface area contributed by atoms with Crippen LogP contribution in [0.4, 0.5) is 4.79 Å². The topological polar surface area (TPSA) is 44.8 Å². The summed E-state index contributed by atoms with van der Waals surface area (Å²) in [5.74, 6) is 0.744. The Balaban J connectivity index is 1.73. The lowest BCUT2D eigenvalue weighted by atomic mass is 10.1. The van der Waals surface area contributed by atoms with Crippen molar-refractivity contribution in [1.82, 2.24) is 15.1 Å². The molecule has 1 saturated heterocycles. The summed E-state index contributed by atoms with van der Waals surface area (Å²) in [6, 6.07) is 0.965. The van der Waals surface area contributed by atoms with Crippen LogP contribution in [0.25, 0.3) is 0 Å². The normalized spacial score (nSPS) is 22.6. The number of carbonyl (C=O) groups is 1. The molecule has 1 aliphatic heterocycles. The van der Waals surface area contributed by atoms with Crippen molar-refractivity contribution in [2.24, 2.45) is 5.92 Å². The molecular formula is C18H35N3O2. The number of likely N-dealkylation sites (tertiary alicyclic amines) is 1. The summed E-state index contributed by atoms with van der Waals surface area (Å²) < 4.78 is 5.56. The smallest absolute Gasteiger partial charge is 0.410 e. The highest BCUT2D eigenvalue weighted by molar-refractivity contribution is 5.69. The Morgan fingerprint density at radius 3 is 2.57 bits per heavy atom. The summed E-state index contributed by atoms with van der Waals surface area (Å²) in [7, 11) is 0. The van der Waals surface area contributed by atoms with E-state index in [2.05, 4.69) is 24.1 Å². The first-order valence-corrected chi connectivity index (χ1v) is 9.20. The maximum atomic E-state index is 12.4. The fourth-order valence-corrected chi connectivity index (χ4v) is 3.06. The van der Waals surface area contributed by atoms with Crippen molar-refractivity contribution in [3.63, 3.8) is 0 Å². The lowest BCUT2D eigenvalue weighted by molar-refractivity contribution is 0.0219. The molecule has 134 valence electrons. The van der Waals surface area contributed by atoms with Gasteiger partial charge < -0.3 is 19.9 Å². The molecule has 0 aromatic heterocycles. The van der Waals surface area contributed by atoms with E-state index in [0.29, 0.717) is 12.1 Å². The van der Waals surface area contributed by atoms with E-state index in [0.717, 1.165) is 51.5 Å². The van der Waals surface area contributed by atoms with Gasteiger partial charge in [-0.05, 0) is 59.0 Å². The number of carbonyl (C=O) groups excluding carboxylic acids is 1. The molecule has 1 aliphatic carbocycles. The highest BCUT2D eigenvalue weighted by Gasteiger charge is 2.35. The summed E-state index contributed by atoms with van der Waals surface area (Å²) in [6.07, 6.45) is 3.37. The summed E-state index contributed by atoms with van der Waals surface area (Å²) in [5, 5.41) is 3.53. The fraction of sp³-hybridized carbons (Fsp3) is 0.944. The van der Waals surface area contributed by atoms with Crippen molar-refractivity contribution in [1.29, 1.82) is 0 Å². The largest absolute Gasteiger partial charge is 0.444 e. The minimum Gasteiger partial charge on any atom is -0.444 e. The van der Waals surface area contributed by atoms with Crippen LogP contribution in [0.15, 0.2) is 0 Å². The van der Waals surface area contributed by atoms with Crippen molar-refractivity contribution < 1.29 is 9.53 Å². The van der Waals surface area contributed by atoms with Crippen LogP contribution >= 0.6 is 0 Å². The zero-order chi connectivity index (χ0) is 17.0. The Labute approximate surface area is 141 Å². The molecule has 2 aliphatic rings. The predicted octanol–water partition coefficient (Wildman–Crippen LogP) is 2.71. The molecule has 1 saturated carbocycles. The van der Waals surface area contributed by atoms with Crippen molar-refractivity contribution in [2.75, 3.05) is 32.7 Å². The Morgan fingerprint density at radius 1 is 1.30 bits per heavy atom. The van der Waals surface area contributed by atoms with Crippen LogP contribution in [-0.4, -0.2) is 66.3 Å². The molecule has 0 bridgehead atoms. The predicted molar refractivity (Wildman–Crippen MR) is 93.6 cm³/mol. The first-order chi connectivity index (χ1) is 10.7. The second kappa shape index (κ2) is 7.84. The van der Waals surface area contributed by atoms with Crippen molar-refractivity contribution in [2.45, 2.75) is 71.6 Å². The summed E-state index contributed by atoms with van der Waals surface area (Å²) in [6.45, 7) is 15.4. The fourth-order valence-electron chi connectivity index (χ4n) is 3.06. The van der Waals surface area contributed by atoms with Crippen LogP contribution in [0.5, 0.6) is 0 Å².